The summed E-state index contributed by atoms with van der Waals surface area (Å²) in [5, 5.41) is 16.1. The average Bonchev–Trinajstić information content (AvgIpc) is 2.83. The molecule has 9 nitrogen and oxygen atoms in total. The number of carbonyl (C=O) groups is 3. The summed E-state index contributed by atoms with van der Waals surface area (Å²) in [5.74, 6) is -1.47. The van der Waals surface area contributed by atoms with Crippen molar-refractivity contribution in [3.8, 4) is 0 Å². The Balaban J connectivity index is 1.85. The van der Waals surface area contributed by atoms with Crippen LogP contribution >= 0.6 is 0 Å². The Kier molecular flexibility index (Phi) is 9.17. The van der Waals surface area contributed by atoms with Gasteiger partial charge in [-0.3, -0.25) is 14.4 Å². The molecule has 1 heterocycles. The van der Waals surface area contributed by atoms with Crippen molar-refractivity contribution >= 4 is 28.6 Å². The SMILES string of the molecule is CC(=O)N[C@H]1[C@H](OCc2ccc3ccccc3c2)O[C@H](COC(=O)C(C)(C)C)[C@H](OC(=O)C(C)(C)C)[C@@H]1O. The molecule has 0 bridgehead atoms. The summed E-state index contributed by atoms with van der Waals surface area (Å²) in [6.07, 6.45) is -4.75. The Labute approximate surface area is 223 Å². The van der Waals surface area contributed by atoms with Gasteiger partial charge in [-0.2, -0.15) is 0 Å². The van der Waals surface area contributed by atoms with Crippen molar-refractivity contribution in [1.82, 2.24) is 5.32 Å². The van der Waals surface area contributed by atoms with E-state index in [9.17, 15) is 19.5 Å². The molecule has 1 saturated heterocycles. The monoisotopic (exact) mass is 529 g/mol. The first-order valence-electron chi connectivity index (χ1n) is 12.7. The molecular weight excluding hydrogens is 490 g/mol. The molecule has 3 rings (SSSR count). The zero-order valence-corrected chi connectivity index (χ0v) is 23.1. The van der Waals surface area contributed by atoms with Crippen molar-refractivity contribution in [2.24, 2.45) is 10.8 Å². The zero-order chi connectivity index (χ0) is 28.3. The fourth-order valence-electron chi connectivity index (χ4n) is 3.91. The van der Waals surface area contributed by atoms with Crippen LogP contribution in [-0.2, 0) is 39.9 Å². The minimum atomic E-state index is -1.39. The molecule has 1 fully saturated rings. The number of rotatable bonds is 7. The minimum absolute atomic E-state index is 0.124. The second-order valence-corrected chi connectivity index (χ2v) is 11.7. The van der Waals surface area contributed by atoms with Gasteiger partial charge in [0.25, 0.3) is 0 Å². The molecule has 0 aromatic heterocycles. The number of hydrogen-bond donors (Lipinski definition) is 2. The van der Waals surface area contributed by atoms with E-state index in [1.165, 1.54) is 6.92 Å². The highest BCUT2D eigenvalue weighted by atomic mass is 16.7. The molecule has 1 aliphatic rings. The van der Waals surface area contributed by atoms with E-state index in [1.807, 2.05) is 42.5 Å². The van der Waals surface area contributed by atoms with Crippen LogP contribution in [0.3, 0.4) is 0 Å². The summed E-state index contributed by atoms with van der Waals surface area (Å²) in [4.78, 5) is 37.2. The molecule has 0 unspecified atom stereocenters. The van der Waals surface area contributed by atoms with Crippen LogP contribution in [-0.4, -0.2) is 60.2 Å². The van der Waals surface area contributed by atoms with Crippen LogP contribution in [0.5, 0.6) is 0 Å². The first-order valence-corrected chi connectivity index (χ1v) is 12.7. The Morgan fingerprint density at radius 2 is 1.58 bits per heavy atom. The lowest BCUT2D eigenvalue weighted by Crippen LogP contribution is -2.65. The molecule has 9 heteroatoms. The molecule has 2 N–H and O–H groups in total. The maximum Gasteiger partial charge on any atom is 0.311 e. The number of amides is 1. The summed E-state index contributed by atoms with van der Waals surface area (Å²) in [7, 11) is 0. The third-order valence-corrected chi connectivity index (χ3v) is 6.12. The lowest BCUT2D eigenvalue weighted by Gasteiger charge is -2.44. The molecule has 38 heavy (non-hydrogen) atoms. The molecule has 0 radical (unpaired) electrons. The first kappa shape index (κ1) is 29.5. The van der Waals surface area contributed by atoms with Crippen molar-refractivity contribution in [2.75, 3.05) is 6.61 Å². The van der Waals surface area contributed by atoms with Crippen LogP contribution in [0.15, 0.2) is 42.5 Å². The topological polar surface area (TPSA) is 120 Å². The zero-order valence-electron chi connectivity index (χ0n) is 23.1. The highest BCUT2D eigenvalue weighted by molar-refractivity contribution is 5.83. The quantitative estimate of drug-likeness (QED) is 0.523. The van der Waals surface area contributed by atoms with Crippen LogP contribution in [0.1, 0.15) is 54.0 Å². The number of esters is 2. The standard InChI is InChI=1S/C29H39NO8/c1-17(31)30-22-23(32)24(38-27(34)29(5,6)7)21(16-36-26(33)28(2,3)4)37-25(22)35-15-18-12-13-19-10-8-9-11-20(19)14-18/h8-14,21-25,32H,15-16H2,1-7H3,(H,30,31)/t21-,22-,23-,24+,25-/m1/s1. The summed E-state index contributed by atoms with van der Waals surface area (Å²) in [6.45, 7) is 11.3. The van der Waals surface area contributed by atoms with E-state index in [0.29, 0.717) is 0 Å². The largest absolute Gasteiger partial charge is 0.462 e. The van der Waals surface area contributed by atoms with Gasteiger partial charge in [0.15, 0.2) is 12.4 Å². The van der Waals surface area contributed by atoms with E-state index in [1.54, 1.807) is 41.5 Å². The van der Waals surface area contributed by atoms with Gasteiger partial charge >= 0.3 is 11.9 Å². The Morgan fingerprint density at radius 3 is 2.18 bits per heavy atom. The van der Waals surface area contributed by atoms with Gasteiger partial charge in [0.05, 0.1) is 17.4 Å². The van der Waals surface area contributed by atoms with Crippen LogP contribution in [0, 0.1) is 10.8 Å². The molecule has 5 atom stereocenters. The highest BCUT2D eigenvalue weighted by Crippen LogP contribution is 2.29. The van der Waals surface area contributed by atoms with Crippen molar-refractivity contribution in [1.29, 1.82) is 0 Å². The number of aliphatic hydroxyl groups excluding tert-OH is 1. The van der Waals surface area contributed by atoms with Gasteiger partial charge in [-0.05, 0) is 63.9 Å². The van der Waals surface area contributed by atoms with E-state index in [0.717, 1.165) is 16.3 Å². The van der Waals surface area contributed by atoms with Gasteiger partial charge < -0.3 is 29.4 Å². The van der Waals surface area contributed by atoms with E-state index < -0.39 is 59.3 Å². The molecule has 1 amide bonds. The molecule has 0 spiro atoms. The third kappa shape index (κ3) is 7.52. The van der Waals surface area contributed by atoms with Crippen LogP contribution in [0.2, 0.25) is 0 Å². The van der Waals surface area contributed by atoms with Crippen molar-refractivity contribution in [3.05, 3.63) is 48.0 Å². The maximum atomic E-state index is 12.7. The minimum Gasteiger partial charge on any atom is -0.462 e. The van der Waals surface area contributed by atoms with Gasteiger partial charge in [-0.25, -0.2) is 0 Å². The third-order valence-electron chi connectivity index (χ3n) is 6.12. The molecule has 208 valence electrons. The molecule has 0 saturated carbocycles. The molecule has 2 aromatic carbocycles. The fourth-order valence-corrected chi connectivity index (χ4v) is 3.91. The highest BCUT2D eigenvalue weighted by Gasteiger charge is 2.49. The predicted molar refractivity (Wildman–Crippen MR) is 141 cm³/mol. The number of benzene rings is 2. The molecule has 1 aliphatic heterocycles. The van der Waals surface area contributed by atoms with E-state index in [4.69, 9.17) is 18.9 Å². The average molecular weight is 530 g/mol. The lowest BCUT2D eigenvalue weighted by molar-refractivity contribution is -0.280. The Hall–Kier alpha value is -3.01. The van der Waals surface area contributed by atoms with Gasteiger partial charge in [0.1, 0.15) is 24.9 Å². The number of ether oxygens (including phenoxy) is 4. The summed E-state index contributed by atoms with van der Waals surface area (Å²) < 4.78 is 23.3. The number of fused-ring (bicyclic) bond motifs is 1. The molecular formula is C29H39NO8. The van der Waals surface area contributed by atoms with Crippen LogP contribution in [0.25, 0.3) is 10.8 Å². The van der Waals surface area contributed by atoms with Crippen molar-refractivity contribution < 1.29 is 38.4 Å². The smallest absolute Gasteiger partial charge is 0.311 e. The second kappa shape index (κ2) is 11.8. The first-order chi connectivity index (χ1) is 17.7. The van der Waals surface area contributed by atoms with Crippen molar-refractivity contribution in [2.45, 2.75) is 85.7 Å². The fraction of sp³-hybridized carbons (Fsp3) is 0.552. The summed E-state index contributed by atoms with van der Waals surface area (Å²) in [5.41, 5.74) is -0.769. The Bertz CT molecular complexity index is 1150. The Morgan fingerprint density at radius 1 is 0.947 bits per heavy atom. The van der Waals surface area contributed by atoms with E-state index >= 15 is 0 Å². The number of nitrogens with one attached hydrogen (secondary N) is 1. The van der Waals surface area contributed by atoms with Crippen molar-refractivity contribution in [3.63, 3.8) is 0 Å². The number of hydrogen-bond acceptors (Lipinski definition) is 8. The van der Waals surface area contributed by atoms with Gasteiger partial charge in [0, 0.05) is 6.92 Å². The second-order valence-electron chi connectivity index (χ2n) is 11.7. The normalized spacial score (nSPS) is 24.1. The van der Waals surface area contributed by atoms with Gasteiger partial charge in [-0.15, -0.1) is 0 Å². The predicted octanol–water partition coefficient (Wildman–Crippen LogP) is 3.49. The van der Waals surface area contributed by atoms with E-state index in [-0.39, 0.29) is 13.2 Å². The molecule has 0 aliphatic carbocycles. The maximum absolute atomic E-state index is 12.7. The summed E-state index contributed by atoms with van der Waals surface area (Å²) >= 11 is 0. The van der Waals surface area contributed by atoms with Crippen LogP contribution < -0.4 is 5.32 Å². The molecule has 2 aromatic rings. The van der Waals surface area contributed by atoms with Gasteiger partial charge in [-0.1, -0.05) is 36.4 Å². The van der Waals surface area contributed by atoms with Crippen LogP contribution in [0.4, 0.5) is 0 Å². The number of carbonyl (C=O) groups excluding carboxylic acids is 3. The lowest BCUT2D eigenvalue weighted by atomic mass is 9.94. The number of aliphatic hydroxyl groups is 1. The summed E-state index contributed by atoms with van der Waals surface area (Å²) in [6, 6.07) is 12.8. The van der Waals surface area contributed by atoms with Gasteiger partial charge in [0.2, 0.25) is 5.91 Å². The van der Waals surface area contributed by atoms with E-state index in [2.05, 4.69) is 5.32 Å².